The van der Waals surface area contributed by atoms with Gasteiger partial charge in [-0.3, -0.25) is 5.10 Å². The van der Waals surface area contributed by atoms with Gasteiger partial charge in [0.05, 0.1) is 5.69 Å². The number of H-pyrrole nitrogens is 1. The molecule has 1 saturated heterocycles. The zero-order chi connectivity index (χ0) is 13.0. The highest BCUT2D eigenvalue weighted by atomic mass is 15.2. The van der Waals surface area contributed by atoms with E-state index in [4.69, 9.17) is 0 Å². The van der Waals surface area contributed by atoms with E-state index in [1.54, 1.807) is 0 Å². The summed E-state index contributed by atoms with van der Waals surface area (Å²) in [6.45, 7) is 11.3. The molecule has 18 heavy (non-hydrogen) atoms. The molecule has 1 fully saturated rings. The van der Waals surface area contributed by atoms with Crippen molar-refractivity contribution in [3.63, 3.8) is 0 Å². The van der Waals surface area contributed by atoms with Crippen molar-refractivity contribution < 1.29 is 0 Å². The number of nitrogens with one attached hydrogen (secondary N) is 2. The topological polar surface area (TPSA) is 44.0 Å². The largest absolute Gasteiger partial charge is 0.313 e. The normalized spacial score (nSPS) is 18.4. The first-order valence-electron chi connectivity index (χ1n) is 7.13. The number of aromatic nitrogens is 2. The van der Waals surface area contributed by atoms with Gasteiger partial charge >= 0.3 is 0 Å². The van der Waals surface area contributed by atoms with Crippen LogP contribution in [0, 0.1) is 13.8 Å². The number of nitrogens with zero attached hydrogens (tertiary/aromatic N) is 2. The van der Waals surface area contributed by atoms with Gasteiger partial charge in [-0.1, -0.05) is 0 Å². The summed E-state index contributed by atoms with van der Waals surface area (Å²) in [6.07, 6.45) is 3.82. The quantitative estimate of drug-likeness (QED) is 0.807. The van der Waals surface area contributed by atoms with E-state index in [0.29, 0.717) is 6.04 Å². The Morgan fingerprint density at radius 2 is 2.06 bits per heavy atom. The Balaban J connectivity index is 1.68. The maximum atomic E-state index is 4.24. The Morgan fingerprint density at radius 3 is 2.67 bits per heavy atom. The Kier molecular flexibility index (Phi) is 4.78. The molecule has 2 N–H and O–H groups in total. The van der Waals surface area contributed by atoms with E-state index >= 15 is 0 Å². The Labute approximate surface area is 110 Å². The Morgan fingerprint density at radius 1 is 1.33 bits per heavy atom. The van der Waals surface area contributed by atoms with Gasteiger partial charge in [0.1, 0.15) is 0 Å². The number of aromatic amines is 1. The van der Waals surface area contributed by atoms with Crippen LogP contribution in [0.4, 0.5) is 0 Å². The zero-order valence-corrected chi connectivity index (χ0v) is 11.9. The first-order valence-corrected chi connectivity index (χ1v) is 7.13. The molecule has 0 amide bonds. The van der Waals surface area contributed by atoms with Gasteiger partial charge in [-0.15, -0.1) is 0 Å². The molecule has 1 aliphatic rings. The number of likely N-dealkylation sites (tertiary alicyclic amines) is 1. The van der Waals surface area contributed by atoms with Gasteiger partial charge in [0.25, 0.3) is 0 Å². The molecule has 1 atom stereocenters. The van der Waals surface area contributed by atoms with Gasteiger partial charge in [-0.25, -0.2) is 0 Å². The second-order valence-corrected chi connectivity index (χ2v) is 5.53. The van der Waals surface area contributed by atoms with Crippen LogP contribution in [0.25, 0.3) is 0 Å². The molecule has 1 aliphatic heterocycles. The van der Waals surface area contributed by atoms with E-state index < -0.39 is 0 Å². The van der Waals surface area contributed by atoms with Gasteiger partial charge in [0.2, 0.25) is 0 Å². The molecule has 0 saturated carbocycles. The van der Waals surface area contributed by atoms with E-state index in [2.05, 4.69) is 41.2 Å². The van der Waals surface area contributed by atoms with Crippen molar-refractivity contribution in [3.05, 3.63) is 17.0 Å². The lowest BCUT2D eigenvalue weighted by molar-refractivity contribution is 0.299. The van der Waals surface area contributed by atoms with E-state index in [-0.39, 0.29) is 0 Å². The van der Waals surface area contributed by atoms with Crippen molar-refractivity contribution in [1.29, 1.82) is 0 Å². The maximum absolute atomic E-state index is 4.24. The number of hydrogen-bond donors (Lipinski definition) is 2. The van der Waals surface area contributed by atoms with Gasteiger partial charge in [0, 0.05) is 18.3 Å². The summed E-state index contributed by atoms with van der Waals surface area (Å²) in [4.78, 5) is 2.56. The number of aryl methyl sites for hydroxylation is 2. The highest BCUT2D eigenvalue weighted by molar-refractivity contribution is 5.23. The monoisotopic (exact) mass is 250 g/mol. The van der Waals surface area contributed by atoms with Gasteiger partial charge in [0.15, 0.2) is 0 Å². The van der Waals surface area contributed by atoms with Crippen molar-refractivity contribution in [2.24, 2.45) is 0 Å². The minimum atomic E-state index is 0.579. The van der Waals surface area contributed by atoms with Gasteiger partial charge < -0.3 is 10.2 Å². The fourth-order valence-electron chi connectivity index (χ4n) is 2.80. The van der Waals surface area contributed by atoms with E-state index in [9.17, 15) is 0 Å². The molecule has 1 aromatic heterocycles. The third-order valence-corrected chi connectivity index (χ3v) is 3.88. The van der Waals surface area contributed by atoms with Crippen LogP contribution in [0.15, 0.2) is 0 Å². The maximum Gasteiger partial charge on any atom is 0.0626 e. The second kappa shape index (κ2) is 6.34. The molecule has 2 rings (SSSR count). The van der Waals surface area contributed by atoms with E-state index in [0.717, 1.165) is 18.7 Å². The third-order valence-electron chi connectivity index (χ3n) is 3.88. The predicted molar refractivity (Wildman–Crippen MR) is 74.9 cm³/mol. The molecular weight excluding hydrogens is 224 g/mol. The SMILES string of the molecule is Cc1n[nH]c(C)c1CCNC(C)CN1CCCC1. The minimum Gasteiger partial charge on any atom is -0.313 e. The molecule has 0 spiro atoms. The highest BCUT2D eigenvalue weighted by Crippen LogP contribution is 2.10. The standard InChI is InChI=1S/C14H26N4/c1-11(10-18-8-4-5-9-18)15-7-6-14-12(2)16-17-13(14)3/h11,15H,4-10H2,1-3H3,(H,16,17). The summed E-state index contributed by atoms with van der Waals surface area (Å²) in [7, 11) is 0. The van der Waals surface area contributed by atoms with Crippen LogP contribution in [-0.4, -0.2) is 47.3 Å². The smallest absolute Gasteiger partial charge is 0.0626 e. The van der Waals surface area contributed by atoms with Gasteiger partial charge in [-0.05, 0) is 65.2 Å². The Bertz CT molecular complexity index is 346. The molecule has 2 heterocycles. The fourth-order valence-corrected chi connectivity index (χ4v) is 2.80. The lowest BCUT2D eigenvalue weighted by Crippen LogP contribution is -2.38. The lowest BCUT2D eigenvalue weighted by atomic mass is 10.1. The van der Waals surface area contributed by atoms with Gasteiger partial charge in [-0.2, -0.15) is 5.10 Å². The molecule has 1 aromatic rings. The van der Waals surface area contributed by atoms with Crippen LogP contribution in [-0.2, 0) is 6.42 Å². The fraction of sp³-hybridized carbons (Fsp3) is 0.786. The van der Waals surface area contributed by atoms with Crippen LogP contribution in [0.3, 0.4) is 0 Å². The molecular formula is C14H26N4. The molecule has 4 nitrogen and oxygen atoms in total. The first kappa shape index (κ1) is 13.6. The molecule has 102 valence electrons. The molecule has 0 radical (unpaired) electrons. The lowest BCUT2D eigenvalue weighted by Gasteiger charge is -2.21. The van der Waals surface area contributed by atoms with Crippen LogP contribution < -0.4 is 5.32 Å². The molecule has 4 heteroatoms. The van der Waals surface area contributed by atoms with Crippen molar-refractivity contribution >= 4 is 0 Å². The minimum absolute atomic E-state index is 0.579. The highest BCUT2D eigenvalue weighted by Gasteiger charge is 2.14. The molecule has 1 unspecified atom stereocenters. The second-order valence-electron chi connectivity index (χ2n) is 5.53. The van der Waals surface area contributed by atoms with Crippen LogP contribution >= 0.6 is 0 Å². The van der Waals surface area contributed by atoms with Crippen LogP contribution in [0.1, 0.15) is 36.7 Å². The summed E-state index contributed by atoms with van der Waals surface area (Å²) in [5, 5.41) is 10.9. The number of rotatable bonds is 6. The van der Waals surface area contributed by atoms with E-state index in [1.165, 1.54) is 43.7 Å². The number of hydrogen-bond acceptors (Lipinski definition) is 3. The molecule has 0 aliphatic carbocycles. The van der Waals surface area contributed by atoms with Crippen LogP contribution in [0.2, 0.25) is 0 Å². The van der Waals surface area contributed by atoms with Crippen molar-refractivity contribution in [3.8, 4) is 0 Å². The summed E-state index contributed by atoms with van der Waals surface area (Å²) in [6, 6.07) is 0.579. The average molecular weight is 250 g/mol. The Hall–Kier alpha value is -0.870. The summed E-state index contributed by atoms with van der Waals surface area (Å²) in [5.74, 6) is 0. The molecule has 0 bridgehead atoms. The third kappa shape index (κ3) is 3.56. The van der Waals surface area contributed by atoms with Crippen molar-refractivity contribution in [1.82, 2.24) is 20.4 Å². The summed E-state index contributed by atoms with van der Waals surface area (Å²) < 4.78 is 0. The van der Waals surface area contributed by atoms with Crippen LogP contribution in [0.5, 0.6) is 0 Å². The average Bonchev–Trinajstić information content (AvgIpc) is 2.93. The summed E-state index contributed by atoms with van der Waals surface area (Å²) >= 11 is 0. The van der Waals surface area contributed by atoms with Crippen molar-refractivity contribution in [2.75, 3.05) is 26.2 Å². The summed E-state index contributed by atoms with van der Waals surface area (Å²) in [5.41, 5.74) is 3.72. The first-order chi connectivity index (χ1) is 8.66. The molecule has 0 aromatic carbocycles. The van der Waals surface area contributed by atoms with Crippen molar-refractivity contribution in [2.45, 2.75) is 46.1 Å². The predicted octanol–water partition coefficient (Wildman–Crippen LogP) is 1.64. The van der Waals surface area contributed by atoms with E-state index in [1.807, 2.05) is 0 Å². The zero-order valence-electron chi connectivity index (χ0n) is 11.9.